The monoisotopic (exact) mass is 307 g/mol. The molecule has 120 valence electrons. The molecule has 0 saturated heterocycles. The Morgan fingerprint density at radius 2 is 1.91 bits per heavy atom. The molecule has 6 nitrogen and oxygen atoms in total. The van der Waals surface area contributed by atoms with E-state index in [-0.39, 0.29) is 31.1 Å². The van der Waals surface area contributed by atoms with Gasteiger partial charge >= 0.3 is 5.97 Å². The van der Waals surface area contributed by atoms with Crippen molar-refractivity contribution in [1.29, 1.82) is 0 Å². The molecule has 1 unspecified atom stereocenters. The van der Waals surface area contributed by atoms with Crippen LogP contribution in [-0.2, 0) is 14.3 Å². The third kappa shape index (κ3) is 5.29. The van der Waals surface area contributed by atoms with E-state index in [1.54, 1.807) is 6.07 Å². The van der Waals surface area contributed by atoms with Crippen molar-refractivity contribution in [3.63, 3.8) is 0 Å². The summed E-state index contributed by atoms with van der Waals surface area (Å²) in [6.07, 6.45) is -0.984. The van der Waals surface area contributed by atoms with Crippen LogP contribution >= 0.6 is 0 Å². The van der Waals surface area contributed by atoms with Crippen LogP contribution in [0.5, 0.6) is 0 Å². The molecule has 1 aromatic rings. The summed E-state index contributed by atoms with van der Waals surface area (Å²) >= 11 is 0. The molecule has 0 bridgehead atoms. The van der Waals surface area contributed by atoms with Crippen LogP contribution in [0.4, 0.5) is 0 Å². The van der Waals surface area contributed by atoms with Gasteiger partial charge in [-0.2, -0.15) is 0 Å². The molecular formula is C16H21NO5. The zero-order valence-electron chi connectivity index (χ0n) is 13.0. The Morgan fingerprint density at radius 1 is 1.23 bits per heavy atom. The van der Waals surface area contributed by atoms with Crippen LogP contribution in [0, 0.1) is 13.8 Å². The highest BCUT2D eigenvalue weighted by Gasteiger charge is 2.18. The van der Waals surface area contributed by atoms with Crippen molar-refractivity contribution in [2.24, 2.45) is 0 Å². The van der Waals surface area contributed by atoms with Crippen molar-refractivity contribution >= 4 is 17.7 Å². The molecule has 0 aliphatic carbocycles. The molecule has 1 atom stereocenters. The molecular weight excluding hydrogens is 286 g/mol. The number of aryl methyl sites for hydroxylation is 2. The Morgan fingerprint density at radius 3 is 2.50 bits per heavy atom. The van der Waals surface area contributed by atoms with E-state index < -0.39 is 12.1 Å². The highest BCUT2D eigenvalue weighted by molar-refractivity contribution is 5.99. The van der Waals surface area contributed by atoms with Crippen LogP contribution in [0.2, 0.25) is 0 Å². The number of carboxylic acid groups (broad SMARTS) is 1. The number of Topliss-reactive ketones (excluding diaryl/α,β-unsaturated/α-hetero) is 1. The van der Waals surface area contributed by atoms with E-state index in [9.17, 15) is 14.4 Å². The van der Waals surface area contributed by atoms with Crippen molar-refractivity contribution in [3.8, 4) is 0 Å². The molecule has 0 aliphatic heterocycles. The molecule has 0 radical (unpaired) electrons. The van der Waals surface area contributed by atoms with Crippen LogP contribution < -0.4 is 5.32 Å². The quantitative estimate of drug-likeness (QED) is 0.710. The smallest absolute Gasteiger partial charge is 0.334 e. The second kappa shape index (κ2) is 8.29. The van der Waals surface area contributed by atoms with Gasteiger partial charge in [0.15, 0.2) is 11.9 Å². The maximum atomic E-state index is 12.1. The minimum absolute atomic E-state index is 0.0161. The second-order valence-electron chi connectivity index (χ2n) is 5.11. The van der Waals surface area contributed by atoms with Gasteiger partial charge in [0.2, 0.25) is 5.91 Å². The number of hydrogen-bond donors (Lipinski definition) is 2. The van der Waals surface area contributed by atoms with E-state index in [1.165, 1.54) is 7.11 Å². The molecule has 1 amide bonds. The van der Waals surface area contributed by atoms with Crippen molar-refractivity contribution < 1.29 is 24.2 Å². The number of carbonyl (C=O) groups is 3. The summed E-state index contributed by atoms with van der Waals surface area (Å²) in [6.45, 7) is 3.63. The highest BCUT2D eigenvalue weighted by Crippen LogP contribution is 2.13. The second-order valence-corrected chi connectivity index (χ2v) is 5.11. The van der Waals surface area contributed by atoms with Gasteiger partial charge < -0.3 is 15.2 Å². The minimum atomic E-state index is -1.14. The zero-order valence-corrected chi connectivity index (χ0v) is 13.0. The average Bonchev–Trinajstić information content (AvgIpc) is 2.47. The lowest BCUT2D eigenvalue weighted by molar-refractivity contribution is -0.148. The molecule has 0 heterocycles. The summed E-state index contributed by atoms with van der Waals surface area (Å²) in [5, 5.41) is 11.2. The summed E-state index contributed by atoms with van der Waals surface area (Å²) in [7, 11) is 1.26. The van der Waals surface area contributed by atoms with Gasteiger partial charge in [-0.15, -0.1) is 0 Å². The molecule has 0 spiro atoms. The van der Waals surface area contributed by atoms with Crippen LogP contribution in [0.3, 0.4) is 0 Å². The number of ketones is 1. The lowest BCUT2D eigenvalue weighted by Gasteiger charge is -2.11. The van der Waals surface area contributed by atoms with E-state index in [0.717, 1.165) is 11.1 Å². The number of benzene rings is 1. The number of methoxy groups -OCH3 is 1. The lowest BCUT2D eigenvalue weighted by atomic mass is 9.99. The molecule has 6 heteroatoms. The van der Waals surface area contributed by atoms with Crippen LogP contribution in [0.1, 0.15) is 34.3 Å². The van der Waals surface area contributed by atoms with Gasteiger partial charge in [-0.3, -0.25) is 9.59 Å². The van der Waals surface area contributed by atoms with E-state index in [0.29, 0.717) is 5.56 Å². The maximum absolute atomic E-state index is 12.1. The number of carboxylic acids is 1. The van der Waals surface area contributed by atoms with Gasteiger partial charge in [0, 0.05) is 25.5 Å². The number of carbonyl (C=O) groups excluding carboxylic acids is 2. The van der Waals surface area contributed by atoms with Crippen LogP contribution in [0.25, 0.3) is 0 Å². The minimum Gasteiger partial charge on any atom is -0.479 e. The standard InChI is InChI=1S/C16H21NO5/c1-10-4-5-11(2)12(8-10)13(18)6-7-15(19)17-9-14(22-3)16(20)21/h4-5,8,14H,6-7,9H2,1-3H3,(H,17,19)(H,20,21). The Bertz CT molecular complexity index is 568. The predicted octanol–water partition coefficient (Wildman–Crippen LogP) is 1.48. The molecule has 22 heavy (non-hydrogen) atoms. The van der Waals surface area contributed by atoms with Crippen molar-refractivity contribution in [3.05, 3.63) is 34.9 Å². The molecule has 2 N–H and O–H groups in total. The van der Waals surface area contributed by atoms with Crippen LogP contribution in [0.15, 0.2) is 18.2 Å². The number of nitrogens with one attached hydrogen (secondary N) is 1. The SMILES string of the molecule is COC(CNC(=O)CCC(=O)c1cc(C)ccc1C)C(=O)O. The fraction of sp³-hybridized carbons (Fsp3) is 0.438. The predicted molar refractivity (Wildman–Crippen MR) is 80.9 cm³/mol. The van der Waals surface area contributed by atoms with E-state index in [4.69, 9.17) is 9.84 Å². The van der Waals surface area contributed by atoms with Crippen molar-refractivity contribution in [1.82, 2.24) is 5.32 Å². The first kappa shape index (κ1) is 17.8. The number of rotatable bonds is 8. The van der Waals surface area contributed by atoms with Crippen LogP contribution in [-0.4, -0.2) is 42.5 Å². The topological polar surface area (TPSA) is 92.7 Å². The lowest BCUT2D eigenvalue weighted by Crippen LogP contribution is -2.37. The fourth-order valence-corrected chi connectivity index (χ4v) is 1.96. The van der Waals surface area contributed by atoms with Gasteiger partial charge in [0.05, 0.1) is 6.54 Å². The Labute approximate surface area is 129 Å². The Hall–Kier alpha value is -2.21. The summed E-state index contributed by atoms with van der Waals surface area (Å²) in [5.74, 6) is -1.62. The molecule has 0 aliphatic rings. The third-order valence-electron chi connectivity index (χ3n) is 3.32. The summed E-state index contributed by atoms with van der Waals surface area (Å²) in [4.78, 5) is 34.5. The molecule has 1 rings (SSSR count). The normalized spacial score (nSPS) is 11.8. The summed E-state index contributed by atoms with van der Waals surface area (Å²) in [6, 6.07) is 5.61. The first-order valence-corrected chi connectivity index (χ1v) is 6.98. The highest BCUT2D eigenvalue weighted by atomic mass is 16.5. The number of hydrogen-bond acceptors (Lipinski definition) is 4. The Balaban J connectivity index is 2.48. The first-order valence-electron chi connectivity index (χ1n) is 6.98. The van der Waals surface area contributed by atoms with Gasteiger partial charge in [-0.1, -0.05) is 17.7 Å². The first-order chi connectivity index (χ1) is 10.3. The number of amides is 1. The molecule has 0 saturated carbocycles. The Kier molecular flexibility index (Phi) is 6.72. The van der Waals surface area contributed by atoms with Gasteiger partial charge in [0.25, 0.3) is 0 Å². The fourth-order valence-electron chi connectivity index (χ4n) is 1.96. The molecule has 0 aromatic heterocycles. The summed E-state index contributed by atoms with van der Waals surface area (Å²) < 4.78 is 4.70. The van der Waals surface area contributed by atoms with Gasteiger partial charge in [-0.25, -0.2) is 4.79 Å². The summed E-state index contributed by atoms with van der Waals surface area (Å²) in [5.41, 5.74) is 2.48. The number of ether oxygens (including phenoxy) is 1. The van der Waals surface area contributed by atoms with Crippen molar-refractivity contribution in [2.45, 2.75) is 32.8 Å². The maximum Gasteiger partial charge on any atom is 0.334 e. The van der Waals surface area contributed by atoms with E-state index in [2.05, 4.69) is 5.32 Å². The van der Waals surface area contributed by atoms with E-state index >= 15 is 0 Å². The third-order valence-corrected chi connectivity index (χ3v) is 3.32. The largest absolute Gasteiger partial charge is 0.479 e. The van der Waals surface area contributed by atoms with Gasteiger partial charge in [-0.05, 0) is 25.5 Å². The average molecular weight is 307 g/mol. The zero-order chi connectivity index (χ0) is 16.7. The van der Waals surface area contributed by atoms with E-state index in [1.807, 2.05) is 26.0 Å². The molecule has 0 fully saturated rings. The van der Waals surface area contributed by atoms with Crippen molar-refractivity contribution in [2.75, 3.05) is 13.7 Å². The van der Waals surface area contributed by atoms with Gasteiger partial charge in [0.1, 0.15) is 0 Å². The molecule has 1 aromatic carbocycles. The number of aliphatic carboxylic acids is 1.